The summed E-state index contributed by atoms with van der Waals surface area (Å²) in [7, 11) is 0. The Morgan fingerprint density at radius 2 is 2.17 bits per heavy atom. The van der Waals surface area contributed by atoms with Crippen LogP contribution in [0.1, 0.15) is 48.9 Å². The average Bonchev–Trinajstić information content (AvgIpc) is 3.12. The normalized spacial score (nSPS) is 20.5. The zero-order valence-corrected chi connectivity index (χ0v) is 14.3. The number of rotatable bonds is 5. The van der Waals surface area contributed by atoms with Gasteiger partial charge in [-0.1, -0.05) is 28.9 Å². The van der Waals surface area contributed by atoms with E-state index in [4.69, 9.17) is 11.6 Å². The van der Waals surface area contributed by atoms with E-state index in [-0.39, 0.29) is 11.9 Å². The van der Waals surface area contributed by atoms with Gasteiger partial charge in [0.15, 0.2) is 0 Å². The fourth-order valence-corrected chi connectivity index (χ4v) is 3.53. The first-order valence-electron chi connectivity index (χ1n) is 8.63. The van der Waals surface area contributed by atoms with Crippen LogP contribution in [0.25, 0.3) is 0 Å². The molecule has 1 aliphatic carbocycles. The number of carbonyl (C=O) groups is 1. The molecule has 4 rings (SSSR count). The molecule has 0 radical (unpaired) electrons. The molecule has 0 unspecified atom stereocenters. The molecule has 24 heavy (non-hydrogen) atoms. The Balaban J connectivity index is 1.31. The van der Waals surface area contributed by atoms with Gasteiger partial charge < -0.3 is 4.90 Å². The summed E-state index contributed by atoms with van der Waals surface area (Å²) in [6, 6.07) is 7.99. The topological polar surface area (TPSA) is 51.0 Å². The number of amides is 1. The van der Waals surface area contributed by atoms with Crippen LogP contribution in [0.2, 0.25) is 5.02 Å². The Bertz CT molecular complexity index is 740. The van der Waals surface area contributed by atoms with E-state index in [1.807, 2.05) is 33.8 Å². The molecule has 2 aliphatic rings. The quantitative estimate of drug-likeness (QED) is 0.836. The van der Waals surface area contributed by atoms with E-state index in [2.05, 4.69) is 16.5 Å². The first kappa shape index (κ1) is 15.6. The second kappa shape index (κ2) is 6.55. The summed E-state index contributed by atoms with van der Waals surface area (Å²) in [4.78, 5) is 14.4. The van der Waals surface area contributed by atoms with Gasteiger partial charge in [-0.2, -0.15) is 0 Å². The van der Waals surface area contributed by atoms with E-state index in [0.717, 1.165) is 42.2 Å². The molecule has 1 saturated carbocycles. The number of halogens is 1. The lowest BCUT2D eigenvalue weighted by Crippen LogP contribution is -2.29. The summed E-state index contributed by atoms with van der Waals surface area (Å²) >= 11 is 5.99. The van der Waals surface area contributed by atoms with Gasteiger partial charge in [-0.3, -0.25) is 4.79 Å². The van der Waals surface area contributed by atoms with Gasteiger partial charge in [0.1, 0.15) is 0 Å². The maximum absolute atomic E-state index is 12.5. The van der Waals surface area contributed by atoms with Crippen LogP contribution in [0.15, 0.2) is 30.5 Å². The van der Waals surface area contributed by atoms with Gasteiger partial charge in [0.25, 0.3) is 0 Å². The second-order valence-corrected chi connectivity index (χ2v) is 7.25. The maximum Gasteiger partial charge on any atom is 0.222 e. The summed E-state index contributed by atoms with van der Waals surface area (Å²) < 4.78 is 1.96. The van der Waals surface area contributed by atoms with E-state index in [0.29, 0.717) is 12.3 Å². The Morgan fingerprint density at radius 1 is 1.29 bits per heavy atom. The molecule has 2 fully saturated rings. The first-order valence-corrected chi connectivity index (χ1v) is 9.01. The average molecular weight is 345 g/mol. The van der Waals surface area contributed by atoms with Gasteiger partial charge in [0, 0.05) is 36.6 Å². The number of benzene rings is 1. The molecule has 1 atom stereocenters. The van der Waals surface area contributed by atoms with Gasteiger partial charge in [-0.25, -0.2) is 4.68 Å². The van der Waals surface area contributed by atoms with Crippen molar-refractivity contribution in [3.8, 4) is 0 Å². The van der Waals surface area contributed by atoms with Crippen LogP contribution < -0.4 is 0 Å². The van der Waals surface area contributed by atoms with Crippen molar-refractivity contribution < 1.29 is 4.79 Å². The minimum absolute atomic E-state index is 0.208. The predicted molar refractivity (Wildman–Crippen MR) is 92.0 cm³/mol. The highest BCUT2D eigenvalue weighted by molar-refractivity contribution is 6.30. The monoisotopic (exact) mass is 344 g/mol. The number of nitrogens with zero attached hydrogens (tertiary/aromatic N) is 4. The van der Waals surface area contributed by atoms with Crippen molar-refractivity contribution in [2.45, 2.75) is 44.1 Å². The molecule has 1 aliphatic heterocycles. The number of aryl methyl sites for hydroxylation is 1. The lowest BCUT2D eigenvalue weighted by atomic mass is 10.1. The predicted octanol–water partition coefficient (Wildman–Crippen LogP) is 3.22. The second-order valence-electron chi connectivity index (χ2n) is 6.81. The van der Waals surface area contributed by atoms with E-state index in [9.17, 15) is 4.79 Å². The van der Waals surface area contributed by atoms with Crippen molar-refractivity contribution in [3.63, 3.8) is 0 Å². The molecule has 1 saturated heterocycles. The van der Waals surface area contributed by atoms with Crippen LogP contribution in [0.4, 0.5) is 0 Å². The zero-order chi connectivity index (χ0) is 16.5. The third-order valence-electron chi connectivity index (χ3n) is 4.93. The summed E-state index contributed by atoms with van der Waals surface area (Å²) in [5.74, 6) is 0.829. The fourth-order valence-electron chi connectivity index (χ4n) is 3.32. The standard InChI is InChI=1S/C18H21ClN4O/c19-15-3-1-2-13(10-15)4-7-18(24)22-9-8-16(11-22)23-12-17(20-21-23)14-5-6-14/h1-3,10,12,14,16H,4-9,11H2/t16-/m1/s1. The van der Waals surface area contributed by atoms with Crippen LogP contribution in [0, 0.1) is 0 Å². The molecule has 2 heterocycles. The Kier molecular flexibility index (Phi) is 4.27. The van der Waals surface area contributed by atoms with Crippen molar-refractivity contribution >= 4 is 17.5 Å². The van der Waals surface area contributed by atoms with Crippen LogP contribution in [0.5, 0.6) is 0 Å². The van der Waals surface area contributed by atoms with Gasteiger partial charge in [-0.05, 0) is 43.4 Å². The van der Waals surface area contributed by atoms with E-state index in [1.165, 1.54) is 12.8 Å². The molecule has 1 aromatic carbocycles. The fraction of sp³-hybridized carbons (Fsp3) is 0.500. The molecule has 5 nitrogen and oxygen atoms in total. The molecular formula is C18H21ClN4O. The van der Waals surface area contributed by atoms with Gasteiger partial charge in [0.2, 0.25) is 5.91 Å². The van der Waals surface area contributed by atoms with Crippen molar-refractivity contribution in [1.82, 2.24) is 19.9 Å². The summed E-state index contributed by atoms with van der Waals surface area (Å²) in [6.45, 7) is 1.54. The number of aromatic nitrogens is 3. The minimum Gasteiger partial charge on any atom is -0.340 e. The smallest absolute Gasteiger partial charge is 0.222 e. The maximum atomic E-state index is 12.5. The highest BCUT2D eigenvalue weighted by atomic mass is 35.5. The lowest BCUT2D eigenvalue weighted by Gasteiger charge is -2.16. The number of hydrogen-bond acceptors (Lipinski definition) is 3. The van der Waals surface area contributed by atoms with Crippen molar-refractivity contribution in [3.05, 3.63) is 46.7 Å². The van der Waals surface area contributed by atoms with E-state index < -0.39 is 0 Å². The highest BCUT2D eigenvalue weighted by Gasteiger charge is 2.30. The summed E-state index contributed by atoms with van der Waals surface area (Å²) in [5, 5.41) is 9.27. The molecule has 2 aromatic rings. The van der Waals surface area contributed by atoms with Crippen LogP contribution in [-0.4, -0.2) is 38.9 Å². The summed E-state index contributed by atoms with van der Waals surface area (Å²) in [5.41, 5.74) is 2.22. The van der Waals surface area contributed by atoms with Crippen molar-refractivity contribution in [1.29, 1.82) is 0 Å². The van der Waals surface area contributed by atoms with Crippen molar-refractivity contribution in [2.24, 2.45) is 0 Å². The third kappa shape index (κ3) is 3.46. The summed E-state index contributed by atoms with van der Waals surface area (Å²) in [6.07, 6.45) is 6.75. The van der Waals surface area contributed by atoms with Crippen LogP contribution >= 0.6 is 11.6 Å². The molecule has 0 spiro atoms. The Morgan fingerprint density at radius 3 is 2.96 bits per heavy atom. The molecule has 0 N–H and O–H groups in total. The molecule has 126 valence electrons. The SMILES string of the molecule is O=C(CCc1cccc(Cl)c1)N1CC[C@@H](n2cc(C3CC3)nn2)C1. The minimum atomic E-state index is 0.208. The first-order chi connectivity index (χ1) is 11.7. The van der Waals surface area contributed by atoms with E-state index >= 15 is 0 Å². The number of carbonyl (C=O) groups excluding carboxylic acids is 1. The molecular weight excluding hydrogens is 324 g/mol. The molecule has 1 aromatic heterocycles. The largest absolute Gasteiger partial charge is 0.340 e. The van der Waals surface area contributed by atoms with Crippen molar-refractivity contribution in [2.75, 3.05) is 13.1 Å². The molecule has 6 heteroatoms. The molecule has 0 bridgehead atoms. The number of hydrogen-bond donors (Lipinski definition) is 0. The van der Waals surface area contributed by atoms with Gasteiger partial charge >= 0.3 is 0 Å². The highest BCUT2D eigenvalue weighted by Crippen LogP contribution is 2.39. The van der Waals surface area contributed by atoms with Crippen LogP contribution in [0.3, 0.4) is 0 Å². The number of likely N-dealkylation sites (tertiary alicyclic amines) is 1. The molecule has 1 amide bonds. The van der Waals surface area contributed by atoms with Gasteiger partial charge in [0.05, 0.1) is 11.7 Å². The van der Waals surface area contributed by atoms with Gasteiger partial charge in [-0.15, -0.1) is 5.10 Å². The zero-order valence-electron chi connectivity index (χ0n) is 13.6. The third-order valence-corrected chi connectivity index (χ3v) is 5.17. The van der Waals surface area contributed by atoms with E-state index in [1.54, 1.807) is 0 Å². The Labute approximate surface area is 146 Å². The Hall–Kier alpha value is -1.88. The van der Waals surface area contributed by atoms with Crippen LogP contribution in [-0.2, 0) is 11.2 Å². The lowest BCUT2D eigenvalue weighted by molar-refractivity contribution is -0.130.